The first-order valence-corrected chi connectivity index (χ1v) is 5.82. The number of hydrogen-bond donors (Lipinski definition) is 2. The van der Waals surface area contributed by atoms with Crippen LogP contribution in [0.3, 0.4) is 0 Å². The molecule has 2 aromatic heterocycles. The molecule has 3 N–H and O–H groups in total. The molecule has 0 aliphatic carbocycles. The van der Waals surface area contributed by atoms with Crippen molar-refractivity contribution in [3.8, 4) is 22.8 Å². The van der Waals surface area contributed by atoms with Gasteiger partial charge in [0.15, 0.2) is 11.7 Å². The highest BCUT2D eigenvalue weighted by Crippen LogP contribution is 2.29. The second kappa shape index (κ2) is 4.28. The minimum absolute atomic E-state index is 0.296. The summed E-state index contributed by atoms with van der Waals surface area (Å²) in [6.45, 7) is 1.86. The molecule has 5 heteroatoms. The molecule has 0 spiro atoms. The van der Waals surface area contributed by atoms with Gasteiger partial charge in [0.05, 0.1) is 0 Å². The molecule has 0 radical (unpaired) electrons. The Balaban J connectivity index is 2.02. The summed E-state index contributed by atoms with van der Waals surface area (Å²) in [6, 6.07) is 9.83. The van der Waals surface area contributed by atoms with Crippen LogP contribution in [-0.4, -0.2) is 9.97 Å². The molecular formula is C14H12FN3O. The zero-order valence-electron chi connectivity index (χ0n) is 10.3. The number of rotatable bonds is 2. The summed E-state index contributed by atoms with van der Waals surface area (Å²) in [4.78, 5) is 7.07. The lowest BCUT2D eigenvalue weighted by molar-refractivity contribution is 0.591. The first kappa shape index (κ1) is 11.5. The third-order valence-corrected chi connectivity index (χ3v) is 2.85. The van der Waals surface area contributed by atoms with Crippen molar-refractivity contribution in [3.63, 3.8) is 0 Å². The van der Waals surface area contributed by atoms with Gasteiger partial charge in [-0.1, -0.05) is 12.1 Å². The molecule has 0 aliphatic rings. The zero-order valence-corrected chi connectivity index (χ0v) is 10.3. The SMILES string of the molecule is Cc1[nH]c(N)nc1-c1ccc(-c2cccc(F)c2)o1. The van der Waals surface area contributed by atoms with E-state index in [-0.39, 0.29) is 5.82 Å². The van der Waals surface area contributed by atoms with Crippen LogP contribution in [0.25, 0.3) is 22.8 Å². The van der Waals surface area contributed by atoms with Crippen molar-refractivity contribution in [3.05, 3.63) is 47.9 Å². The first-order valence-electron chi connectivity index (χ1n) is 5.82. The maximum absolute atomic E-state index is 13.2. The number of nitrogens with two attached hydrogens (primary N) is 1. The highest BCUT2D eigenvalue weighted by Gasteiger charge is 2.12. The van der Waals surface area contributed by atoms with Gasteiger partial charge in [0, 0.05) is 11.3 Å². The van der Waals surface area contributed by atoms with Crippen LogP contribution in [0.1, 0.15) is 5.69 Å². The fourth-order valence-corrected chi connectivity index (χ4v) is 1.99. The van der Waals surface area contributed by atoms with Crippen LogP contribution in [-0.2, 0) is 0 Å². The molecule has 0 atom stereocenters. The van der Waals surface area contributed by atoms with Crippen molar-refractivity contribution >= 4 is 5.95 Å². The number of hydrogen-bond acceptors (Lipinski definition) is 3. The van der Waals surface area contributed by atoms with Crippen molar-refractivity contribution in [2.24, 2.45) is 0 Å². The number of aromatic amines is 1. The summed E-state index contributed by atoms with van der Waals surface area (Å²) in [7, 11) is 0. The van der Waals surface area contributed by atoms with Crippen LogP contribution < -0.4 is 5.73 Å². The summed E-state index contributed by atoms with van der Waals surface area (Å²) in [5.74, 6) is 1.24. The van der Waals surface area contributed by atoms with Crippen LogP contribution in [0.4, 0.5) is 10.3 Å². The van der Waals surface area contributed by atoms with Crippen molar-refractivity contribution in [1.82, 2.24) is 9.97 Å². The average Bonchev–Trinajstić information content (AvgIpc) is 2.96. The maximum Gasteiger partial charge on any atom is 0.198 e. The van der Waals surface area contributed by atoms with Gasteiger partial charge in [-0.15, -0.1) is 0 Å². The lowest BCUT2D eigenvalue weighted by Gasteiger charge is -1.97. The van der Waals surface area contributed by atoms with E-state index < -0.39 is 0 Å². The van der Waals surface area contributed by atoms with Gasteiger partial charge in [0.25, 0.3) is 0 Å². The molecule has 0 unspecified atom stereocenters. The van der Waals surface area contributed by atoms with Gasteiger partial charge in [-0.25, -0.2) is 9.37 Å². The van der Waals surface area contributed by atoms with E-state index >= 15 is 0 Å². The zero-order chi connectivity index (χ0) is 13.4. The average molecular weight is 257 g/mol. The lowest BCUT2D eigenvalue weighted by atomic mass is 10.2. The van der Waals surface area contributed by atoms with Gasteiger partial charge in [0.1, 0.15) is 17.3 Å². The van der Waals surface area contributed by atoms with E-state index in [0.717, 1.165) is 5.69 Å². The number of halogens is 1. The monoisotopic (exact) mass is 257 g/mol. The summed E-state index contributed by atoms with van der Waals surface area (Å²) >= 11 is 0. The summed E-state index contributed by atoms with van der Waals surface area (Å²) in [6.07, 6.45) is 0. The van der Waals surface area contributed by atoms with E-state index in [1.54, 1.807) is 24.3 Å². The molecule has 0 bridgehead atoms. The molecule has 0 saturated heterocycles. The van der Waals surface area contributed by atoms with E-state index in [9.17, 15) is 4.39 Å². The Morgan fingerprint density at radius 2 is 2.00 bits per heavy atom. The number of aryl methyl sites for hydroxylation is 1. The van der Waals surface area contributed by atoms with Crippen molar-refractivity contribution in [2.45, 2.75) is 6.92 Å². The molecule has 3 aromatic rings. The predicted molar refractivity (Wildman–Crippen MR) is 70.8 cm³/mol. The van der Waals surface area contributed by atoms with E-state index in [1.165, 1.54) is 12.1 Å². The number of nitrogens with one attached hydrogen (secondary N) is 1. The van der Waals surface area contributed by atoms with Crippen molar-refractivity contribution < 1.29 is 8.81 Å². The van der Waals surface area contributed by atoms with Crippen LogP contribution in [0.5, 0.6) is 0 Å². The highest BCUT2D eigenvalue weighted by atomic mass is 19.1. The summed E-state index contributed by atoms with van der Waals surface area (Å²) in [5, 5.41) is 0. The second-order valence-electron chi connectivity index (χ2n) is 4.27. The second-order valence-corrected chi connectivity index (χ2v) is 4.27. The van der Waals surface area contributed by atoms with Gasteiger partial charge in [-0.2, -0.15) is 0 Å². The van der Waals surface area contributed by atoms with E-state index in [2.05, 4.69) is 9.97 Å². The molecule has 0 saturated carbocycles. The molecule has 0 amide bonds. The number of anilines is 1. The molecule has 0 fully saturated rings. The third-order valence-electron chi connectivity index (χ3n) is 2.85. The van der Waals surface area contributed by atoms with Crippen LogP contribution in [0.2, 0.25) is 0 Å². The number of benzene rings is 1. The summed E-state index contributed by atoms with van der Waals surface area (Å²) in [5.41, 5.74) is 7.78. The molecular weight excluding hydrogens is 245 g/mol. The summed E-state index contributed by atoms with van der Waals surface area (Å²) < 4.78 is 18.9. The van der Waals surface area contributed by atoms with Gasteiger partial charge < -0.3 is 15.1 Å². The van der Waals surface area contributed by atoms with E-state index in [4.69, 9.17) is 10.2 Å². The lowest BCUT2D eigenvalue weighted by Crippen LogP contribution is -1.85. The van der Waals surface area contributed by atoms with E-state index in [0.29, 0.717) is 28.7 Å². The molecule has 96 valence electrons. The van der Waals surface area contributed by atoms with Gasteiger partial charge >= 0.3 is 0 Å². The molecule has 2 heterocycles. The Bertz CT molecular complexity index is 730. The smallest absolute Gasteiger partial charge is 0.198 e. The number of nitrogens with zero attached hydrogens (tertiary/aromatic N) is 1. The fourth-order valence-electron chi connectivity index (χ4n) is 1.99. The number of aromatic nitrogens is 2. The van der Waals surface area contributed by atoms with Crippen LogP contribution in [0, 0.1) is 12.7 Å². The predicted octanol–water partition coefficient (Wildman–Crippen LogP) is 3.37. The number of nitrogen functional groups attached to an aromatic ring is 1. The molecule has 1 aromatic carbocycles. The normalized spacial score (nSPS) is 10.8. The first-order chi connectivity index (χ1) is 9.13. The number of H-pyrrole nitrogens is 1. The quantitative estimate of drug-likeness (QED) is 0.739. The van der Waals surface area contributed by atoms with Gasteiger partial charge in [0.2, 0.25) is 0 Å². The third kappa shape index (κ3) is 2.10. The van der Waals surface area contributed by atoms with Crippen molar-refractivity contribution in [2.75, 3.05) is 5.73 Å². The Morgan fingerprint density at radius 3 is 2.68 bits per heavy atom. The minimum Gasteiger partial charge on any atom is -0.454 e. The van der Waals surface area contributed by atoms with Crippen LogP contribution >= 0.6 is 0 Å². The van der Waals surface area contributed by atoms with Crippen LogP contribution in [0.15, 0.2) is 40.8 Å². The Labute approximate surface area is 109 Å². The standard InChI is InChI=1S/C14H12FN3O/c1-8-13(18-14(16)17-8)12-6-5-11(19-12)9-3-2-4-10(15)7-9/h2-7H,1H3,(H3,16,17,18). The highest BCUT2D eigenvalue weighted by molar-refractivity contribution is 5.64. The molecule has 3 rings (SSSR count). The molecule has 4 nitrogen and oxygen atoms in total. The van der Waals surface area contributed by atoms with E-state index in [1.807, 2.05) is 6.92 Å². The molecule has 19 heavy (non-hydrogen) atoms. The minimum atomic E-state index is -0.296. The maximum atomic E-state index is 13.2. The topological polar surface area (TPSA) is 67.8 Å². The number of furan rings is 1. The Hall–Kier alpha value is -2.56. The Morgan fingerprint density at radius 1 is 1.21 bits per heavy atom. The van der Waals surface area contributed by atoms with Gasteiger partial charge in [-0.05, 0) is 31.2 Å². The number of imidazole rings is 1. The van der Waals surface area contributed by atoms with Crippen molar-refractivity contribution in [1.29, 1.82) is 0 Å². The largest absolute Gasteiger partial charge is 0.454 e. The molecule has 0 aliphatic heterocycles. The fraction of sp³-hybridized carbons (Fsp3) is 0.0714. The van der Waals surface area contributed by atoms with Gasteiger partial charge in [-0.3, -0.25) is 0 Å². The Kier molecular flexibility index (Phi) is 2.59.